The van der Waals surface area contributed by atoms with E-state index in [1.54, 1.807) is 0 Å². The lowest BCUT2D eigenvalue weighted by atomic mass is 9.89. The number of esters is 1. The molecule has 1 aromatic rings. The van der Waals surface area contributed by atoms with E-state index >= 15 is 0 Å². The lowest BCUT2D eigenvalue weighted by Gasteiger charge is -2.17. The fraction of sp³-hybridized carbons (Fsp3) is 0.588. The molecule has 2 atom stereocenters. The van der Waals surface area contributed by atoms with Crippen molar-refractivity contribution >= 4 is 5.97 Å². The average molecular weight is 262 g/mol. The first-order valence-corrected chi connectivity index (χ1v) is 7.35. The molecule has 0 aliphatic rings. The van der Waals surface area contributed by atoms with Crippen LogP contribution in [0.25, 0.3) is 0 Å². The molecule has 2 heteroatoms. The van der Waals surface area contributed by atoms with Crippen molar-refractivity contribution in [1.29, 1.82) is 0 Å². The number of rotatable bonds is 6. The summed E-state index contributed by atoms with van der Waals surface area (Å²) >= 11 is 0. The summed E-state index contributed by atoms with van der Waals surface area (Å²) in [5, 5.41) is 0. The van der Waals surface area contributed by atoms with Crippen LogP contribution in [0.2, 0.25) is 0 Å². The van der Waals surface area contributed by atoms with E-state index in [4.69, 9.17) is 4.74 Å². The predicted molar refractivity (Wildman–Crippen MR) is 79.8 cm³/mol. The summed E-state index contributed by atoms with van der Waals surface area (Å²) in [4.78, 5) is 12.1. The van der Waals surface area contributed by atoms with Crippen LogP contribution in [-0.4, -0.2) is 12.6 Å². The fourth-order valence-electron chi connectivity index (χ4n) is 2.15. The van der Waals surface area contributed by atoms with Crippen LogP contribution < -0.4 is 0 Å². The third kappa shape index (κ3) is 3.82. The van der Waals surface area contributed by atoms with Gasteiger partial charge in [-0.1, -0.05) is 39.8 Å². The second kappa shape index (κ2) is 7.32. The highest BCUT2D eigenvalue weighted by molar-refractivity contribution is 5.91. The molecule has 1 rings (SSSR count). The van der Waals surface area contributed by atoms with Crippen molar-refractivity contribution in [2.24, 2.45) is 0 Å². The van der Waals surface area contributed by atoms with Gasteiger partial charge in [-0.05, 0) is 48.8 Å². The minimum Gasteiger partial charge on any atom is -0.462 e. The molecule has 0 heterocycles. The third-order valence-electron chi connectivity index (χ3n) is 3.90. The molecule has 0 spiro atoms. The Kier molecular flexibility index (Phi) is 6.07. The number of benzene rings is 1. The molecule has 0 amide bonds. The van der Waals surface area contributed by atoms with E-state index in [2.05, 4.69) is 39.8 Å². The fourth-order valence-corrected chi connectivity index (χ4v) is 2.15. The number of hydrogen-bond donors (Lipinski definition) is 0. The Hall–Kier alpha value is -1.31. The maximum Gasteiger partial charge on any atom is 0.338 e. The van der Waals surface area contributed by atoms with Gasteiger partial charge in [0.2, 0.25) is 0 Å². The van der Waals surface area contributed by atoms with E-state index in [1.165, 1.54) is 5.56 Å². The van der Waals surface area contributed by atoms with Crippen LogP contribution in [0.5, 0.6) is 0 Å². The van der Waals surface area contributed by atoms with Crippen molar-refractivity contribution in [2.75, 3.05) is 6.61 Å². The van der Waals surface area contributed by atoms with E-state index in [9.17, 15) is 4.79 Å². The number of hydrogen-bond acceptors (Lipinski definition) is 2. The van der Waals surface area contributed by atoms with Crippen molar-refractivity contribution in [2.45, 2.75) is 59.3 Å². The largest absolute Gasteiger partial charge is 0.462 e. The molecule has 0 fully saturated rings. The van der Waals surface area contributed by atoms with Crippen LogP contribution in [0.4, 0.5) is 0 Å². The molecule has 0 aromatic heterocycles. The first kappa shape index (κ1) is 15.7. The van der Waals surface area contributed by atoms with E-state index in [0.29, 0.717) is 18.4 Å². The highest BCUT2D eigenvalue weighted by Crippen LogP contribution is 2.28. The smallest absolute Gasteiger partial charge is 0.338 e. The van der Waals surface area contributed by atoms with Gasteiger partial charge in [-0.25, -0.2) is 4.79 Å². The van der Waals surface area contributed by atoms with E-state index < -0.39 is 0 Å². The Morgan fingerprint density at radius 3 is 2.26 bits per heavy atom. The summed E-state index contributed by atoms with van der Waals surface area (Å²) in [7, 11) is 0. The molecule has 1 aromatic carbocycles. The summed E-state index contributed by atoms with van der Waals surface area (Å²) in [5.74, 6) is 0.660. The van der Waals surface area contributed by atoms with Gasteiger partial charge in [-0.15, -0.1) is 0 Å². The molecular formula is C17H26O2. The Balaban J connectivity index is 3.21. The maximum atomic E-state index is 12.1. The Bertz CT molecular complexity index is 423. The van der Waals surface area contributed by atoms with Gasteiger partial charge in [0, 0.05) is 0 Å². The van der Waals surface area contributed by atoms with Crippen LogP contribution in [0.15, 0.2) is 18.2 Å². The first-order chi connectivity index (χ1) is 9.04. The Morgan fingerprint density at radius 2 is 1.74 bits per heavy atom. The molecule has 0 bridgehead atoms. The van der Waals surface area contributed by atoms with Gasteiger partial charge >= 0.3 is 5.97 Å². The molecule has 19 heavy (non-hydrogen) atoms. The van der Waals surface area contributed by atoms with Gasteiger partial charge in [-0.3, -0.25) is 0 Å². The quantitative estimate of drug-likeness (QED) is 0.682. The standard InChI is InChI=1S/C17H26O2/c1-6-12(4)14-9-10-15(13(5)7-2)16(11-14)17(18)19-8-3/h9-13H,6-8H2,1-5H3. The highest BCUT2D eigenvalue weighted by Gasteiger charge is 2.18. The molecule has 2 unspecified atom stereocenters. The summed E-state index contributed by atoms with van der Waals surface area (Å²) in [6.45, 7) is 10.9. The van der Waals surface area contributed by atoms with E-state index in [1.807, 2.05) is 13.0 Å². The van der Waals surface area contributed by atoms with Crippen LogP contribution in [-0.2, 0) is 4.74 Å². The molecule has 0 aliphatic carbocycles. The lowest BCUT2D eigenvalue weighted by Crippen LogP contribution is -2.11. The minimum atomic E-state index is -0.192. The maximum absolute atomic E-state index is 12.1. The van der Waals surface area contributed by atoms with Gasteiger partial charge in [0.1, 0.15) is 0 Å². The van der Waals surface area contributed by atoms with Gasteiger partial charge in [0.05, 0.1) is 12.2 Å². The van der Waals surface area contributed by atoms with Crippen LogP contribution in [0.3, 0.4) is 0 Å². The number of carbonyl (C=O) groups is 1. The SMILES string of the molecule is CCOC(=O)c1cc(C(C)CC)ccc1C(C)CC. The Labute approximate surface area is 117 Å². The zero-order chi connectivity index (χ0) is 14.4. The van der Waals surface area contributed by atoms with Gasteiger partial charge in [0.25, 0.3) is 0 Å². The third-order valence-corrected chi connectivity index (χ3v) is 3.90. The van der Waals surface area contributed by atoms with Crippen molar-refractivity contribution in [3.05, 3.63) is 34.9 Å². The molecule has 0 aliphatic heterocycles. The molecular weight excluding hydrogens is 236 g/mol. The monoisotopic (exact) mass is 262 g/mol. The topological polar surface area (TPSA) is 26.3 Å². The first-order valence-electron chi connectivity index (χ1n) is 7.35. The summed E-state index contributed by atoms with van der Waals surface area (Å²) < 4.78 is 5.19. The summed E-state index contributed by atoms with van der Waals surface area (Å²) in [6.07, 6.45) is 2.10. The summed E-state index contributed by atoms with van der Waals surface area (Å²) in [5.41, 5.74) is 3.07. The Morgan fingerprint density at radius 1 is 1.11 bits per heavy atom. The predicted octanol–water partition coefficient (Wildman–Crippen LogP) is 4.89. The zero-order valence-electron chi connectivity index (χ0n) is 12.8. The average Bonchev–Trinajstić information content (AvgIpc) is 2.45. The molecule has 106 valence electrons. The van der Waals surface area contributed by atoms with Gasteiger partial charge < -0.3 is 4.74 Å². The second-order valence-electron chi connectivity index (χ2n) is 5.19. The van der Waals surface area contributed by atoms with E-state index in [-0.39, 0.29) is 5.97 Å². The number of carbonyl (C=O) groups excluding carboxylic acids is 1. The highest BCUT2D eigenvalue weighted by atomic mass is 16.5. The molecule has 0 saturated heterocycles. The van der Waals surface area contributed by atoms with Gasteiger partial charge in [0.15, 0.2) is 0 Å². The van der Waals surface area contributed by atoms with Crippen molar-refractivity contribution in [1.82, 2.24) is 0 Å². The van der Waals surface area contributed by atoms with Crippen molar-refractivity contribution in [3.63, 3.8) is 0 Å². The molecule has 0 saturated carbocycles. The van der Waals surface area contributed by atoms with Crippen molar-refractivity contribution in [3.8, 4) is 0 Å². The van der Waals surface area contributed by atoms with Crippen LogP contribution in [0, 0.1) is 0 Å². The normalized spacial score (nSPS) is 13.9. The second-order valence-corrected chi connectivity index (χ2v) is 5.19. The molecule has 2 nitrogen and oxygen atoms in total. The van der Waals surface area contributed by atoms with Crippen LogP contribution in [0.1, 0.15) is 80.8 Å². The molecule has 0 radical (unpaired) electrons. The van der Waals surface area contributed by atoms with E-state index in [0.717, 1.165) is 24.0 Å². The minimum absolute atomic E-state index is 0.192. The lowest BCUT2D eigenvalue weighted by molar-refractivity contribution is 0.0524. The van der Waals surface area contributed by atoms with Gasteiger partial charge in [-0.2, -0.15) is 0 Å². The molecule has 0 N–H and O–H groups in total. The van der Waals surface area contributed by atoms with Crippen molar-refractivity contribution < 1.29 is 9.53 Å². The zero-order valence-corrected chi connectivity index (χ0v) is 12.8. The summed E-state index contributed by atoms with van der Waals surface area (Å²) in [6, 6.07) is 6.27. The number of ether oxygens (including phenoxy) is 1. The van der Waals surface area contributed by atoms with Crippen LogP contribution >= 0.6 is 0 Å².